The highest BCUT2D eigenvalue weighted by Gasteiger charge is 2.21. The third-order valence-corrected chi connectivity index (χ3v) is 3.89. The summed E-state index contributed by atoms with van der Waals surface area (Å²) in [6, 6.07) is 5.32. The Morgan fingerprint density at radius 2 is 2.14 bits per heavy atom. The van der Waals surface area contributed by atoms with Crippen molar-refractivity contribution in [3.63, 3.8) is 0 Å². The maximum absolute atomic E-state index is 10.8. The lowest BCUT2D eigenvalue weighted by Crippen LogP contribution is -2.37. The van der Waals surface area contributed by atoms with Crippen LogP contribution in [0.1, 0.15) is 24.8 Å². The molecule has 0 spiro atoms. The summed E-state index contributed by atoms with van der Waals surface area (Å²) < 4.78 is 5.79. The molecule has 0 unspecified atom stereocenters. The first-order valence-corrected chi connectivity index (χ1v) is 7.43. The van der Waals surface area contributed by atoms with Crippen molar-refractivity contribution in [1.29, 1.82) is 0 Å². The summed E-state index contributed by atoms with van der Waals surface area (Å²) in [7, 11) is 0. The predicted octanol–water partition coefficient (Wildman–Crippen LogP) is 2.24. The molecule has 1 fully saturated rings. The van der Waals surface area contributed by atoms with Crippen molar-refractivity contribution in [2.75, 3.05) is 31.1 Å². The number of aryl methyl sites for hydroxylation is 1. The SMILES string of the molecule is Cc1cc(N2CCC(OCCCN)CC2)ccc1[N+](=O)[O-]. The summed E-state index contributed by atoms with van der Waals surface area (Å²) in [5.74, 6) is 0. The van der Waals surface area contributed by atoms with Gasteiger partial charge in [-0.05, 0) is 44.9 Å². The molecular formula is C15H23N3O3. The molecule has 0 saturated carbocycles. The molecule has 2 N–H and O–H groups in total. The summed E-state index contributed by atoms with van der Waals surface area (Å²) >= 11 is 0. The van der Waals surface area contributed by atoms with Crippen LogP contribution in [0.4, 0.5) is 11.4 Å². The molecule has 6 heteroatoms. The summed E-state index contributed by atoms with van der Waals surface area (Å²) in [5.41, 5.74) is 7.39. The Morgan fingerprint density at radius 3 is 2.71 bits per heavy atom. The summed E-state index contributed by atoms with van der Waals surface area (Å²) in [5, 5.41) is 10.8. The van der Waals surface area contributed by atoms with Crippen LogP contribution < -0.4 is 10.6 Å². The number of nitro benzene ring substituents is 1. The van der Waals surface area contributed by atoms with Gasteiger partial charge < -0.3 is 15.4 Å². The fraction of sp³-hybridized carbons (Fsp3) is 0.600. The minimum atomic E-state index is -0.337. The predicted molar refractivity (Wildman–Crippen MR) is 82.7 cm³/mol. The van der Waals surface area contributed by atoms with Gasteiger partial charge in [-0.1, -0.05) is 0 Å². The normalized spacial score (nSPS) is 16.2. The monoisotopic (exact) mass is 293 g/mol. The molecule has 1 aromatic carbocycles. The van der Waals surface area contributed by atoms with E-state index >= 15 is 0 Å². The van der Waals surface area contributed by atoms with Gasteiger partial charge in [0, 0.05) is 37.0 Å². The molecule has 0 atom stereocenters. The van der Waals surface area contributed by atoms with Crippen LogP contribution in [0.5, 0.6) is 0 Å². The molecule has 116 valence electrons. The quantitative estimate of drug-likeness (QED) is 0.494. The van der Waals surface area contributed by atoms with E-state index in [4.69, 9.17) is 10.5 Å². The van der Waals surface area contributed by atoms with Gasteiger partial charge in [0.05, 0.1) is 11.0 Å². The fourth-order valence-corrected chi connectivity index (χ4v) is 2.66. The van der Waals surface area contributed by atoms with Crippen molar-refractivity contribution in [2.24, 2.45) is 5.73 Å². The Kier molecular flexibility index (Phi) is 5.52. The number of piperidine rings is 1. The van der Waals surface area contributed by atoms with Crippen LogP contribution in [-0.4, -0.2) is 37.3 Å². The molecule has 1 aliphatic heterocycles. The van der Waals surface area contributed by atoms with Crippen molar-refractivity contribution >= 4 is 11.4 Å². The van der Waals surface area contributed by atoms with Crippen LogP contribution >= 0.6 is 0 Å². The van der Waals surface area contributed by atoms with E-state index in [1.165, 1.54) is 0 Å². The Bertz CT molecular complexity index is 485. The first-order valence-electron chi connectivity index (χ1n) is 7.43. The highest BCUT2D eigenvalue weighted by molar-refractivity contribution is 5.55. The third kappa shape index (κ3) is 4.15. The number of hydrogen-bond acceptors (Lipinski definition) is 5. The summed E-state index contributed by atoms with van der Waals surface area (Å²) in [6.07, 6.45) is 3.19. The lowest BCUT2D eigenvalue weighted by Gasteiger charge is -2.33. The van der Waals surface area contributed by atoms with Crippen molar-refractivity contribution in [3.8, 4) is 0 Å². The molecule has 6 nitrogen and oxygen atoms in total. The molecular weight excluding hydrogens is 270 g/mol. The molecule has 1 heterocycles. The Morgan fingerprint density at radius 1 is 1.43 bits per heavy atom. The van der Waals surface area contributed by atoms with E-state index in [0.29, 0.717) is 18.2 Å². The van der Waals surface area contributed by atoms with E-state index < -0.39 is 0 Å². The Hall–Kier alpha value is -1.66. The number of nitro groups is 1. The summed E-state index contributed by atoms with van der Waals surface area (Å²) in [6.45, 7) is 5.03. The van der Waals surface area contributed by atoms with Crippen LogP contribution in [0.15, 0.2) is 18.2 Å². The molecule has 21 heavy (non-hydrogen) atoms. The van der Waals surface area contributed by atoms with Crippen molar-refractivity contribution in [1.82, 2.24) is 0 Å². The van der Waals surface area contributed by atoms with E-state index in [1.807, 2.05) is 12.1 Å². The smallest absolute Gasteiger partial charge is 0.272 e. The molecule has 1 saturated heterocycles. The van der Waals surface area contributed by atoms with Gasteiger partial charge in [0.15, 0.2) is 0 Å². The van der Waals surface area contributed by atoms with Crippen molar-refractivity contribution in [2.45, 2.75) is 32.3 Å². The van der Waals surface area contributed by atoms with E-state index in [9.17, 15) is 10.1 Å². The number of nitrogens with two attached hydrogens (primary N) is 1. The number of rotatable bonds is 6. The number of nitrogens with zero attached hydrogens (tertiary/aromatic N) is 2. The van der Waals surface area contributed by atoms with E-state index in [0.717, 1.165) is 44.6 Å². The maximum Gasteiger partial charge on any atom is 0.272 e. The number of hydrogen-bond donors (Lipinski definition) is 1. The highest BCUT2D eigenvalue weighted by atomic mass is 16.6. The number of ether oxygens (including phenoxy) is 1. The molecule has 0 aliphatic carbocycles. The average Bonchev–Trinajstić information content (AvgIpc) is 2.48. The fourth-order valence-electron chi connectivity index (χ4n) is 2.66. The maximum atomic E-state index is 10.8. The molecule has 1 aromatic rings. The Balaban J connectivity index is 1.90. The first kappa shape index (κ1) is 15.7. The molecule has 0 bridgehead atoms. The molecule has 0 aromatic heterocycles. The molecule has 0 radical (unpaired) electrons. The van der Waals surface area contributed by atoms with E-state index in [-0.39, 0.29) is 10.6 Å². The van der Waals surface area contributed by atoms with Gasteiger partial charge in [-0.3, -0.25) is 10.1 Å². The summed E-state index contributed by atoms with van der Waals surface area (Å²) in [4.78, 5) is 12.8. The van der Waals surface area contributed by atoms with Gasteiger partial charge in [0.25, 0.3) is 5.69 Å². The standard InChI is InChI=1S/C15H23N3O3/c1-12-11-13(3-4-15(12)18(19)20)17-8-5-14(6-9-17)21-10-2-7-16/h3-4,11,14H,2,5-10,16H2,1H3. The van der Waals surface area contributed by atoms with Crippen LogP contribution in [0, 0.1) is 17.0 Å². The zero-order valence-electron chi connectivity index (χ0n) is 12.5. The average molecular weight is 293 g/mol. The van der Waals surface area contributed by atoms with Crippen LogP contribution in [-0.2, 0) is 4.74 Å². The van der Waals surface area contributed by atoms with Crippen LogP contribution in [0.3, 0.4) is 0 Å². The van der Waals surface area contributed by atoms with Gasteiger partial charge in [-0.2, -0.15) is 0 Å². The van der Waals surface area contributed by atoms with Gasteiger partial charge >= 0.3 is 0 Å². The first-order chi connectivity index (χ1) is 10.1. The largest absolute Gasteiger partial charge is 0.378 e. The van der Waals surface area contributed by atoms with Crippen LogP contribution in [0.25, 0.3) is 0 Å². The van der Waals surface area contributed by atoms with Gasteiger partial charge in [0.2, 0.25) is 0 Å². The van der Waals surface area contributed by atoms with Crippen molar-refractivity contribution in [3.05, 3.63) is 33.9 Å². The lowest BCUT2D eigenvalue weighted by molar-refractivity contribution is -0.385. The van der Waals surface area contributed by atoms with Gasteiger partial charge in [-0.15, -0.1) is 0 Å². The number of anilines is 1. The Labute approximate surface area is 125 Å². The minimum Gasteiger partial charge on any atom is -0.378 e. The highest BCUT2D eigenvalue weighted by Crippen LogP contribution is 2.27. The van der Waals surface area contributed by atoms with E-state index in [2.05, 4.69) is 4.90 Å². The lowest BCUT2D eigenvalue weighted by atomic mass is 10.1. The zero-order valence-corrected chi connectivity index (χ0v) is 12.5. The van der Waals surface area contributed by atoms with E-state index in [1.54, 1.807) is 13.0 Å². The zero-order chi connectivity index (χ0) is 15.2. The molecule has 2 rings (SSSR count). The molecule has 0 amide bonds. The molecule has 1 aliphatic rings. The van der Waals surface area contributed by atoms with Crippen molar-refractivity contribution < 1.29 is 9.66 Å². The second-order valence-electron chi connectivity index (χ2n) is 5.43. The van der Waals surface area contributed by atoms with Gasteiger partial charge in [-0.25, -0.2) is 0 Å². The van der Waals surface area contributed by atoms with Gasteiger partial charge in [0.1, 0.15) is 0 Å². The third-order valence-electron chi connectivity index (χ3n) is 3.89. The second-order valence-corrected chi connectivity index (χ2v) is 5.43. The van der Waals surface area contributed by atoms with Crippen LogP contribution in [0.2, 0.25) is 0 Å². The minimum absolute atomic E-state index is 0.179. The number of benzene rings is 1. The second kappa shape index (κ2) is 7.38. The topological polar surface area (TPSA) is 81.6 Å².